The van der Waals surface area contributed by atoms with Crippen LogP contribution < -0.4 is 10.2 Å². The summed E-state index contributed by atoms with van der Waals surface area (Å²) in [5.41, 5.74) is 0.723. The first-order chi connectivity index (χ1) is 7.54. The molecule has 16 heavy (non-hydrogen) atoms. The molecule has 2 nitrogen and oxygen atoms in total. The number of rotatable bonds is 2. The zero-order valence-electron chi connectivity index (χ0n) is 10.1. The Morgan fingerprint density at radius 3 is 2.62 bits per heavy atom. The molecule has 0 aliphatic carbocycles. The highest BCUT2D eigenvalue weighted by Gasteiger charge is 2.38. The van der Waals surface area contributed by atoms with Crippen molar-refractivity contribution in [1.82, 2.24) is 5.32 Å². The summed E-state index contributed by atoms with van der Waals surface area (Å²) >= 11 is 0. The Labute approximate surface area is 96.5 Å². The maximum Gasteiger partial charge on any atom is 0.146 e. The van der Waals surface area contributed by atoms with Gasteiger partial charge in [-0.3, -0.25) is 0 Å². The molecule has 1 saturated heterocycles. The minimum absolute atomic E-state index is 0.00979. The number of nitrogens with one attached hydrogen (secondary N) is 1. The van der Waals surface area contributed by atoms with Gasteiger partial charge in [0, 0.05) is 18.1 Å². The largest absolute Gasteiger partial charge is 0.362 e. The Morgan fingerprint density at radius 1 is 1.38 bits per heavy atom. The van der Waals surface area contributed by atoms with Gasteiger partial charge in [0.1, 0.15) is 5.82 Å². The monoisotopic (exact) mass is 222 g/mol. The molecule has 0 amide bonds. The molecule has 0 bridgehead atoms. The third-order valence-corrected chi connectivity index (χ3v) is 3.43. The number of hydrogen-bond donors (Lipinski definition) is 1. The number of halogens is 1. The molecule has 0 saturated carbocycles. The first-order valence-electron chi connectivity index (χ1n) is 5.74. The summed E-state index contributed by atoms with van der Waals surface area (Å²) < 4.78 is 13.8. The van der Waals surface area contributed by atoms with E-state index in [4.69, 9.17) is 0 Å². The lowest BCUT2D eigenvalue weighted by Gasteiger charge is -2.33. The van der Waals surface area contributed by atoms with E-state index < -0.39 is 0 Å². The third-order valence-electron chi connectivity index (χ3n) is 3.43. The van der Waals surface area contributed by atoms with Crippen LogP contribution in [0.15, 0.2) is 24.3 Å². The average Bonchev–Trinajstić information content (AvgIpc) is 2.54. The van der Waals surface area contributed by atoms with Gasteiger partial charge in [0.15, 0.2) is 0 Å². The number of anilines is 1. The van der Waals surface area contributed by atoms with Crippen molar-refractivity contribution in [2.75, 3.05) is 18.5 Å². The van der Waals surface area contributed by atoms with Gasteiger partial charge in [-0.25, -0.2) is 4.39 Å². The normalized spacial score (nSPS) is 23.8. The van der Waals surface area contributed by atoms with E-state index in [2.05, 4.69) is 24.1 Å². The molecule has 1 aromatic carbocycles. The van der Waals surface area contributed by atoms with Gasteiger partial charge in [0.2, 0.25) is 0 Å². The summed E-state index contributed by atoms with van der Waals surface area (Å²) in [6.45, 7) is 5.19. The molecule has 3 heteroatoms. The van der Waals surface area contributed by atoms with E-state index in [1.165, 1.54) is 6.07 Å². The van der Waals surface area contributed by atoms with Crippen molar-refractivity contribution < 1.29 is 4.39 Å². The average molecular weight is 222 g/mol. The van der Waals surface area contributed by atoms with Crippen LogP contribution in [-0.4, -0.2) is 25.2 Å². The SMILES string of the molecule is CNC1CN(c2ccccc2F)C(C)(C)C1. The molecule has 2 rings (SSSR count). The van der Waals surface area contributed by atoms with Gasteiger partial charge in [-0.15, -0.1) is 0 Å². The molecule has 1 fully saturated rings. The predicted molar refractivity (Wildman–Crippen MR) is 65.3 cm³/mol. The Kier molecular flexibility index (Phi) is 2.89. The molecule has 1 aromatic rings. The van der Waals surface area contributed by atoms with E-state index in [9.17, 15) is 4.39 Å². The van der Waals surface area contributed by atoms with Crippen molar-refractivity contribution in [3.8, 4) is 0 Å². The lowest BCUT2D eigenvalue weighted by molar-refractivity contribution is 0.482. The summed E-state index contributed by atoms with van der Waals surface area (Å²) in [6, 6.07) is 7.45. The van der Waals surface area contributed by atoms with E-state index in [0.29, 0.717) is 11.7 Å². The minimum Gasteiger partial charge on any atom is -0.362 e. The Balaban J connectivity index is 2.31. The van der Waals surface area contributed by atoms with Crippen molar-refractivity contribution in [2.45, 2.75) is 31.8 Å². The van der Waals surface area contributed by atoms with Gasteiger partial charge in [0.25, 0.3) is 0 Å². The van der Waals surface area contributed by atoms with Gasteiger partial charge < -0.3 is 10.2 Å². The molecule has 0 radical (unpaired) electrons. The second kappa shape index (κ2) is 4.06. The Bertz CT molecular complexity index is 376. The molecule has 0 aromatic heterocycles. The second-order valence-electron chi connectivity index (χ2n) is 5.06. The fraction of sp³-hybridized carbons (Fsp3) is 0.538. The molecular formula is C13H19FN2. The van der Waals surface area contributed by atoms with Crippen molar-refractivity contribution in [1.29, 1.82) is 0 Å². The zero-order valence-corrected chi connectivity index (χ0v) is 10.1. The van der Waals surface area contributed by atoms with Crippen LogP contribution in [0.3, 0.4) is 0 Å². The number of hydrogen-bond acceptors (Lipinski definition) is 2. The van der Waals surface area contributed by atoms with Crippen LogP contribution in [0.1, 0.15) is 20.3 Å². The molecule has 1 heterocycles. The fourth-order valence-electron chi connectivity index (χ4n) is 2.53. The first kappa shape index (κ1) is 11.4. The van der Waals surface area contributed by atoms with Crippen LogP contribution in [0.25, 0.3) is 0 Å². The van der Waals surface area contributed by atoms with Crippen molar-refractivity contribution >= 4 is 5.69 Å². The van der Waals surface area contributed by atoms with E-state index in [1.807, 2.05) is 19.2 Å². The molecule has 1 atom stereocenters. The quantitative estimate of drug-likeness (QED) is 0.826. The fourth-order valence-corrected chi connectivity index (χ4v) is 2.53. The topological polar surface area (TPSA) is 15.3 Å². The lowest BCUT2D eigenvalue weighted by atomic mass is 10.00. The second-order valence-corrected chi connectivity index (χ2v) is 5.06. The lowest BCUT2D eigenvalue weighted by Crippen LogP contribution is -2.38. The van der Waals surface area contributed by atoms with Gasteiger partial charge >= 0.3 is 0 Å². The van der Waals surface area contributed by atoms with Gasteiger partial charge in [-0.05, 0) is 39.4 Å². The Hall–Kier alpha value is -1.09. The van der Waals surface area contributed by atoms with Gasteiger partial charge in [-0.2, -0.15) is 0 Å². The maximum atomic E-state index is 13.8. The van der Waals surface area contributed by atoms with Crippen LogP contribution in [0.2, 0.25) is 0 Å². The van der Waals surface area contributed by atoms with E-state index in [1.54, 1.807) is 6.07 Å². The molecule has 1 unspecified atom stereocenters. The highest BCUT2D eigenvalue weighted by atomic mass is 19.1. The summed E-state index contributed by atoms with van der Waals surface area (Å²) in [4.78, 5) is 2.16. The molecule has 1 aliphatic heterocycles. The summed E-state index contributed by atoms with van der Waals surface area (Å²) in [5.74, 6) is -0.132. The highest BCUT2D eigenvalue weighted by molar-refractivity contribution is 5.51. The predicted octanol–water partition coefficient (Wildman–Crippen LogP) is 2.40. The molecule has 1 N–H and O–H groups in total. The number of likely N-dealkylation sites (N-methyl/N-ethyl adjacent to an activating group) is 1. The number of para-hydroxylation sites is 1. The van der Waals surface area contributed by atoms with Crippen LogP contribution in [0.5, 0.6) is 0 Å². The van der Waals surface area contributed by atoms with Crippen molar-refractivity contribution in [3.63, 3.8) is 0 Å². The molecule has 1 aliphatic rings. The zero-order chi connectivity index (χ0) is 11.8. The molecule has 88 valence electrons. The van der Waals surface area contributed by atoms with Gasteiger partial charge in [0.05, 0.1) is 5.69 Å². The van der Waals surface area contributed by atoms with Crippen LogP contribution in [0, 0.1) is 5.82 Å². The standard InChI is InChI=1S/C13H19FN2/c1-13(2)8-10(15-3)9-16(13)12-7-5-4-6-11(12)14/h4-7,10,15H,8-9H2,1-3H3. The molecular weight excluding hydrogens is 203 g/mol. The summed E-state index contributed by atoms with van der Waals surface area (Å²) in [7, 11) is 1.96. The number of benzene rings is 1. The highest BCUT2D eigenvalue weighted by Crippen LogP contribution is 2.34. The Morgan fingerprint density at radius 2 is 2.06 bits per heavy atom. The number of nitrogens with zero attached hydrogens (tertiary/aromatic N) is 1. The maximum absolute atomic E-state index is 13.8. The van der Waals surface area contributed by atoms with Crippen molar-refractivity contribution in [3.05, 3.63) is 30.1 Å². The first-order valence-corrected chi connectivity index (χ1v) is 5.74. The van der Waals surface area contributed by atoms with Gasteiger partial charge in [-0.1, -0.05) is 12.1 Å². The van der Waals surface area contributed by atoms with E-state index >= 15 is 0 Å². The molecule has 0 spiro atoms. The van der Waals surface area contributed by atoms with Crippen LogP contribution >= 0.6 is 0 Å². The van der Waals surface area contributed by atoms with E-state index in [-0.39, 0.29) is 11.4 Å². The van der Waals surface area contributed by atoms with E-state index in [0.717, 1.165) is 13.0 Å². The smallest absolute Gasteiger partial charge is 0.146 e. The summed E-state index contributed by atoms with van der Waals surface area (Å²) in [5, 5.41) is 3.27. The third kappa shape index (κ3) is 1.92. The van der Waals surface area contributed by atoms with Crippen LogP contribution in [-0.2, 0) is 0 Å². The van der Waals surface area contributed by atoms with Crippen LogP contribution in [0.4, 0.5) is 10.1 Å². The minimum atomic E-state index is -0.132. The van der Waals surface area contributed by atoms with Crippen molar-refractivity contribution in [2.24, 2.45) is 0 Å². The summed E-state index contributed by atoms with van der Waals surface area (Å²) in [6.07, 6.45) is 1.04.